The summed E-state index contributed by atoms with van der Waals surface area (Å²) in [5.41, 5.74) is 0.121. The molecule has 3 fully saturated rings. The van der Waals surface area contributed by atoms with E-state index in [0.29, 0.717) is 31.1 Å². The molecule has 2 aliphatic heterocycles. The summed E-state index contributed by atoms with van der Waals surface area (Å²) in [5, 5.41) is 2.65. The van der Waals surface area contributed by atoms with E-state index in [9.17, 15) is 14.4 Å². The number of nitrogens with zero attached hydrogens (tertiary/aromatic N) is 2. The van der Waals surface area contributed by atoms with E-state index in [1.54, 1.807) is 17.0 Å². The van der Waals surface area contributed by atoms with Crippen LogP contribution in [0.25, 0.3) is 0 Å². The van der Waals surface area contributed by atoms with Crippen molar-refractivity contribution in [1.29, 1.82) is 0 Å². The van der Waals surface area contributed by atoms with Crippen LogP contribution < -0.4 is 5.32 Å². The molecule has 1 aromatic carbocycles. The van der Waals surface area contributed by atoms with Crippen molar-refractivity contribution in [2.45, 2.75) is 38.5 Å². The molecule has 144 valence electrons. The molecule has 0 radical (unpaired) electrons. The predicted octanol–water partition coefficient (Wildman–Crippen LogP) is 2.27. The third kappa shape index (κ3) is 3.57. The van der Waals surface area contributed by atoms with E-state index >= 15 is 0 Å². The molecule has 3 amide bonds. The van der Waals surface area contributed by atoms with Gasteiger partial charge in [0.25, 0.3) is 0 Å². The summed E-state index contributed by atoms with van der Waals surface area (Å²) in [7, 11) is 0. The van der Waals surface area contributed by atoms with E-state index in [1.807, 2.05) is 23.1 Å². The quantitative estimate of drug-likeness (QED) is 0.831. The molecule has 1 N–H and O–H groups in total. The lowest BCUT2D eigenvalue weighted by atomic mass is 9.77. The second-order valence-electron chi connectivity index (χ2n) is 8.23. The Labute approximate surface area is 159 Å². The predicted molar refractivity (Wildman–Crippen MR) is 102 cm³/mol. The summed E-state index contributed by atoms with van der Waals surface area (Å²) in [6.45, 7) is 2.54. The molecule has 1 saturated carbocycles. The summed E-state index contributed by atoms with van der Waals surface area (Å²) in [4.78, 5) is 41.6. The van der Waals surface area contributed by atoms with Crippen LogP contribution in [0.1, 0.15) is 38.5 Å². The highest BCUT2D eigenvalue weighted by Gasteiger charge is 2.50. The highest BCUT2D eigenvalue weighted by atomic mass is 16.2. The first-order valence-electron chi connectivity index (χ1n) is 10.0. The number of anilines is 1. The minimum Gasteiger partial charge on any atom is -0.342 e. The zero-order valence-corrected chi connectivity index (χ0v) is 15.7. The van der Waals surface area contributed by atoms with Crippen molar-refractivity contribution in [1.82, 2.24) is 9.80 Å². The Hall–Kier alpha value is -2.37. The van der Waals surface area contributed by atoms with Crippen molar-refractivity contribution >= 4 is 23.4 Å². The SMILES string of the molecule is O=C(Nc1ccccc1)C(=O)N1CCC2(CCCN(CC3CCC3)C2=O)C1. The van der Waals surface area contributed by atoms with Gasteiger partial charge in [-0.2, -0.15) is 0 Å². The molecular weight excluding hydrogens is 342 g/mol. The van der Waals surface area contributed by atoms with Gasteiger partial charge in [0.15, 0.2) is 0 Å². The summed E-state index contributed by atoms with van der Waals surface area (Å²) in [5.74, 6) is -0.327. The standard InChI is InChI=1S/C21H27N3O3/c25-18(22-17-8-2-1-3-9-17)19(26)24-13-11-21(15-24)10-5-12-23(20(21)27)14-16-6-4-7-16/h1-3,8-9,16H,4-7,10-15H2,(H,22,25). The average Bonchev–Trinajstić information content (AvgIpc) is 3.07. The monoisotopic (exact) mass is 369 g/mol. The van der Waals surface area contributed by atoms with Gasteiger partial charge in [0, 0.05) is 31.9 Å². The van der Waals surface area contributed by atoms with Gasteiger partial charge in [0.2, 0.25) is 5.91 Å². The zero-order chi connectivity index (χ0) is 18.9. The molecule has 1 spiro atoms. The topological polar surface area (TPSA) is 69.7 Å². The molecule has 1 atom stereocenters. The molecule has 0 aromatic heterocycles. The molecule has 6 heteroatoms. The number of carbonyl (C=O) groups excluding carboxylic acids is 3. The van der Waals surface area contributed by atoms with Crippen molar-refractivity contribution < 1.29 is 14.4 Å². The Bertz CT molecular complexity index is 731. The lowest BCUT2D eigenvalue weighted by Crippen LogP contribution is -2.52. The van der Waals surface area contributed by atoms with Crippen LogP contribution in [0.15, 0.2) is 30.3 Å². The molecule has 2 saturated heterocycles. The normalized spacial score (nSPS) is 25.6. The van der Waals surface area contributed by atoms with Crippen LogP contribution in [0, 0.1) is 11.3 Å². The van der Waals surface area contributed by atoms with Gasteiger partial charge in [-0.3, -0.25) is 14.4 Å². The second kappa shape index (κ2) is 7.33. The van der Waals surface area contributed by atoms with E-state index in [4.69, 9.17) is 0 Å². The first kappa shape index (κ1) is 18.0. The van der Waals surface area contributed by atoms with Crippen LogP contribution in [0.4, 0.5) is 5.69 Å². The van der Waals surface area contributed by atoms with Crippen LogP contribution >= 0.6 is 0 Å². The molecule has 1 aliphatic carbocycles. The van der Waals surface area contributed by atoms with E-state index in [2.05, 4.69) is 5.32 Å². The van der Waals surface area contributed by atoms with Crippen molar-refractivity contribution in [3.05, 3.63) is 30.3 Å². The molecule has 0 bridgehead atoms. The van der Waals surface area contributed by atoms with Crippen LogP contribution in [-0.4, -0.2) is 53.7 Å². The fourth-order valence-corrected chi connectivity index (χ4v) is 4.59. The first-order valence-corrected chi connectivity index (χ1v) is 10.0. The fraction of sp³-hybridized carbons (Fsp3) is 0.571. The Morgan fingerprint density at radius 3 is 2.56 bits per heavy atom. The molecule has 6 nitrogen and oxygen atoms in total. The lowest BCUT2D eigenvalue weighted by molar-refractivity contribution is -0.148. The Balaban J connectivity index is 1.38. The Morgan fingerprint density at radius 2 is 1.85 bits per heavy atom. The number of benzene rings is 1. The number of piperidine rings is 1. The van der Waals surface area contributed by atoms with E-state index in [-0.39, 0.29) is 5.91 Å². The van der Waals surface area contributed by atoms with Gasteiger partial charge in [0.05, 0.1) is 5.41 Å². The number of rotatable bonds is 3. The summed E-state index contributed by atoms with van der Waals surface area (Å²) in [6, 6.07) is 8.97. The smallest absolute Gasteiger partial charge is 0.313 e. The number of likely N-dealkylation sites (tertiary alicyclic amines) is 2. The highest BCUT2D eigenvalue weighted by molar-refractivity contribution is 6.39. The summed E-state index contributed by atoms with van der Waals surface area (Å²) >= 11 is 0. The van der Waals surface area contributed by atoms with Crippen molar-refractivity contribution in [3.63, 3.8) is 0 Å². The first-order chi connectivity index (χ1) is 13.1. The maximum absolute atomic E-state index is 13.1. The van der Waals surface area contributed by atoms with Gasteiger partial charge in [-0.15, -0.1) is 0 Å². The van der Waals surface area contributed by atoms with Gasteiger partial charge in [-0.25, -0.2) is 0 Å². The summed E-state index contributed by atoms with van der Waals surface area (Å²) < 4.78 is 0. The number of amides is 3. The van der Waals surface area contributed by atoms with E-state index in [0.717, 1.165) is 25.9 Å². The molecule has 2 heterocycles. The van der Waals surface area contributed by atoms with Crippen LogP contribution in [0.5, 0.6) is 0 Å². The summed E-state index contributed by atoms with van der Waals surface area (Å²) in [6.07, 6.45) is 6.18. The third-order valence-corrected chi connectivity index (χ3v) is 6.39. The molecule has 3 aliphatic rings. The lowest BCUT2D eigenvalue weighted by Gasteiger charge is -2.42. The zero-order valence-electron chi connectivity index (χ0n) is 15.7. The molecule has 4 rings (SSSR count). The fourth-order valence-electron chi connectivity index (χ4n) is 4.59. The van der Waals surface area contributed by atoms with Gasteiger partial charge in [-0.05, 0) is 50.2 Å². The van der Waals surface area contributed by atoms with Crippen molar-refractivity contribution in [2.24, 2.45) is 11.3 Å². The molecule has 1 aromatic rings. The minimum absolute atomic E-state index is 0.194. The largest absolute Gasteiger partial charge is 0.342 e. The minimum atomic E-state index is -0.632. The molecule has 1 unspecified atom stereocenters. The van der Waals surface area contributed by atoms with Crippen molar-refractivity contribution in [3.8, 4) is 0 Å². The second-order valence-corrected chi connectivity index (χ2v) is 8.23. The number of hydrogen-bond acceptors (Lipinski definition) is 3. The number of hydrogen-bond donors (Lipinski definition) is 1. The number of nitrogens with one attached hydrogen (secondary N) is 1. The Kier molecular flexibility index (Phi) is 4.89. The molecule has 27 heavy (non-hydrogen) atoms. The third-order valence-electron chi connectivity index (χ3n) is 6.39. The maximum atomic E-state index is 13.1. The van der Waals surface area contributed by atoms with Crippen LogP contribution in [-0.2, 0) is 14.4 Å². The van der Waals surface area contributed by atoms with Crippen LogP contribution in [0.3, 0.4) is 0 Å². The van der Waals surface area contributed by atoms with Gasteiger partial charge >= 0.3 is 11.8 Å². The number of para-hydroxylation sites is 1. The average molecular weight is 369 g/mol. The number of carbonyl (C=O) groups is 3. The van der Waals surface area contributed by atoms with Gasteiger partial charge < -0.3 is 15.1 Å². The van der Waals surface area contributed by atoms with Crippen molar-refractivity contribution in [2.75, 3.05) is 31.5 Å². The highest BCUT2D eigenvalue weighted by Crippen LogP contribution is 2.41. The molecular formula is C21H27N3O3. The van der Waals surface area contributed by atoms with Crippen LogP contribution in [0.2, 0.25) is 0 Å². The van der Waals surface area contributed by atoms with Gasteiger partial charge in [-0.1, -0.05) is 24.6 Å². The van der Waals surface area contributed by atoms with E-state index < -0.39 is 17.2 Å². The maximum Gasteiger partial charge on any atom is 0.313 e. The van der Waals surface area contributed by atoms with Gasteiger partial charge in [0.1, 0.15) is 0 Å². The Morgan fingerprint density at radius 1 is 1.07 bits per heavy atom. The van der Waals surface area contributed by atoms with E-state index in [1.165, 1.54) is 19.3 Å².